The maximum Gasteiger partial charge on any atom is 0.140 e. The fraction of sp³-hybridized carbons (Fsp3) is 0.429. The maximum absolute atomic E-state index is 10.2. The van der Waals surface area contributed by atoms with Gasteiger partial charge in [0, 0.05) is 24.2 Å². The third kappa shape index (κ3) is 2.33. The number of hydrogen-bond donors (Lipinski definition) is 2. The van der Waals surface area contributed by atoms with Crippen LogP contribution >= 0.6 is 0 Å². The first-order valence-electron chi connectivity index (χ1n) is 6.53. The Bertz CT molecular complexity index is 611. The van der Waals surface area contributed by atoms with Crippen molar-refractivity contribution in [1.29, 1.82) is 0 Å². The monoisotopic (exact) mass is 258 g/mol. The van der Waals surface area contributed by atoms with Gasteiger partial charge in [0.25, 0.3) is 0 Å². The van der Waals surface area contributed by atoms with E-state index in [1.54, 1.807) is 6.33 Å². The first-order valence-corrected chi connectivity index (χ1v) is 6.53. The van der Waals surface area contributed by atoms with E-state index in [0.29, 0.717) is 12.2 Å². The Morgan fingerprint density at radius 1 is 1.37 bits per heavy atom. The van der Waals surface area contributed by atoms with E-state index >= 15 is 0 Å². The molecule has 0 aliphatic carbocycles. The van der Waals surface area contributed by atoms with E-state index in [2.05, 4.69) is 14.9 Å². The van der Waals surface area contributed by atoms with Gasteiger partial charge in [0.2, 0.25) is 0 Å². The van der Waals surface area contributed by atoms with Gasteiger partial charge in [-0.3, -0.25) is 0 Å². The Kier molecular flexibility index (Phi) is 2.78. The zero-order chi connectivity index (χ0) is 13.5. The van der Waals surface area contributed by atoms with Crippen LogP contribution < -0.4 is 10.6 Å². The lowest BCUT2D eigenvalue weighted by atomic mass is 9.95. The van der Waals surface area contributed by atoms with Crippen molar-refractivity contribution in [1.82, 2.24) is 9.97 Å². The van der Waals surface area contributed by atoms with Gasteiger partial charge < -0.3 is 15.7 Å². The third-order valence-electron chi connectivity index (χ3n) is 3.61. The summed E-state index contributed by atoms with van der Waals surface area (Å²) in [6.07, 6.45) is 3.35. The van der Waals surface area contributed by atoms with Crippen molar-refractivity contribution in [3.05, 3.63) is 24.5 Å². The van der Waals surface area contributed by atoms with Gasteiger partial charge in [-0.1, -0.05) is 0 Å². The number of fused-ring (bicyclic) bond motifs is 1. The van der Waals surface area contributed by atoms with Crippen molar-refractivity contribution in [3.8, 4) is 0 Å². The summed E-state index contributed by atoms with van der Waals surface area (Å²) in [6, 6.07) is 5.64. The average Bonchev–Trinajstić information content (AvgIpc) is 2.36. The van der Waals surface area contributed by atoms with E-state index < -0.39 is 5.60 Å². The Labute approximate surface area is 112 Å². The highest BCUT2D eigenvalue weighted by atomic mass is 16.3. The number of aromatic nitrogens is 2. The van der Waals surface area contributed by atoms with Crippen molar-refractivity contribution >= 4 is 22.4 Å². The highest BCUT2D eigenvalue weighted by Gasteiger charge is 2.29. The maximum atomic E-state index is 10.2. The standard InChI is InChI=1S/C14H18N4O/c1-14(19)5-2-6-18(8-14)13-11-7-10(15)3-4-12(11)16-9-17-13/h3-4,7,9,19H,2,5-6,8,15H2,1H3. The van der Waals surface area contributed by atoms with Crippen LogP contribution in [0.3, 0.4) is 0 Å². The largest absolute Gasteiger partial charge is 0.399 e. The molecule has 19 heavy (non-hydrogen) atoms. The van der Waals surface area contributed by atoms with Gasteiger partial charge in [-0.15, -0.1) is 0 Å². The summed E-state index contributed by atoms with van der Waals surface area (Å²) in [6.45, 7) is 3.36. The number of aliphatic hydroxyl groups is 1. The summed E-state index contributed by atoms with van der Waals surface area (Å²) in [5.41, 5.74) is 6.78. The molecule has 1 aromatic carbocycles. The van der Waals surface area contributed by atoms with Crippen molar-refractivity contribution in [3.63, 3.8) is 0 Å². The van der Waals surface area contributed by atoms with Crippen LogP contribution in [-0.4, -0.2) is 33.8 Å². The molecular weight excluding hydrogens is 240 g/mol. The fourth-order valence-electron chi connectivity index (χ4n) is 2.71. The number of nitrogen functional groups attached to an aromatic ring is 1. The van der Waals surface area contributed by atoms with Gasteiger partial charge in [0.15, 0.2) is 0 Å². The van der Waals surface area contributed by atoms with Gasteiger partial charge in [-0.05, 0) is 38.0 Å². The van der Waals surface area contributed by atoms with Crippen LogP contribution in [0.4, 0.5) is 11.5 Å². The molecule has 2 aromatic rings. The van der Waals surface area contributed by atoms with Crippen molar-refractivity contribution in [2.24, 2.45) is 0 Å². The topological polar surface area (TPSA) is 75.3 Å². The Morgan fingerprint density at radius 2 is 2.21 bits per heavy atom. The van der Waals surface area contributed by atoms with Crippen LogP contribution in [0.1, 0.15) is 19.8 Å². The molecule has 3 N–H and O–H groups in total. The van der Waals surface area contributed by atoms with E-state index in [0.717, 1.165) is 36.1 Å². The number of nitrogens with zero attached hydrogens (tertiary/aromatic N) is 3. The molecule has 1 fully saturated rings. The van der Waals surface area contributed by atoms with Crippen LogP contribution in [0.25, 0.3) is 10.9 Å². The molecule has 0 saturated carbocycles. The number of benzene rings is 1. The molecule has 0 radical (unpaired) electrons. The number of β-amino-alcohol motifs (C(OH)–C–C–N with tert-alkyl or cyclic N) is 1. The van der Waals surface area contributed by atoms with Crippen LogP contribution in [0.15, 0.2) is 24.5 Å². The molecule has 0 amide bonds. The predicted molar refractivity (Wildman–Crippen MR) is 76.0 cm³/mol. The van der Waals surface area contributed by atoms with E-state index in [9.17, 15) is 5.11 Å². The van der Waals surface area contributed by atoms with Crippen molar-refractivity contribution < 1.29 is 5.11 Å². The fourth-order valence-corrected chi connectivity index (χ4v) is 2.71. The molecule has 1 aliphatic heterocycles. The Morgan fingerprint density at radius 3 is 3.00 bits per heavy atom. The Balaban J connectivity index is 2.07. The molecule has 1 aromatic heterocycles. The molecule has 2 heterocycles. The summed E-state index contributed by atoms with van der Waals surface area (Å²) in [7, 11) is 0. The number of hydrogen-bond acceptors (Lipinski definition) is 5. The minimum Gasteiger partial charge on any atom is -0.399 e. The lowest BCUT2D eigenvalue weighted by Gasteiger charge is -2.37. The first-order chi connectivity index (χ1) is 9.05. The molecule has 1 aliphatic rings. The molecule has 5 nitrogen and oxygen atoms in total. The second-order valence-electron chi connectivity index (χ2n) is 5.50. The van der Waals surface area contributed by atoms with Crippen molar-refractivity contribution in [2.45, 2.75) is 25.4 Å². The smallest absolute Gasteiger partial charge is 0.140 e. The quantitative estimate of drug-likeness (QED) is 0.759. The molecule has 5 heteroatoms. The zero-order valence-corrected chi connectivity index (χ0v) is 11.0. The summed E-state index contributed by atoms with van der Waals surface area (Å²) in [5.74, 6) is 0.859. The lowest BCUT2D eigenvalue weighted by molar-refractivity contribution is 0.0448. The molecule has 100 valence electrons. The second kappa shape index (κ2) is 4.35. The summed E-state index contributed by atoms with van der Waals surface area (Å²) in [5, 5.41) is 11.2. The van der Waals surface area contributed by atoms with Gasteiger partial charge in [0.05, 0.1) is 11.1 Å². The SMILES string of the molecule is CC1(O)CCCN(c2ncnc3ccc(N)cc23)C1. The van der Waals surface area contributed by atoms with Crippen LogP contribution in [0.5, 0.6) is 0 Å². The van der Waals surface area contributed by atoms with E-state index in [-0.39, 0.29) is 0 Å². The predicted octanol–water partition coefficient (Wildman–Crippen LogP) is 1.56. The Hall–Kier alpha value is -1.88. The van der Waals surface area contributed by atoms with Crippen LogP contribution in [0, 0.1) is 0 Å². The first kappa shape index (κ1) is 12.2. The van der Waals surface area contributed by atoms with Crippen molar-refractivity contribution in [2.75, 3.05) is 23.7 Å². The third-order valence-corrected chi connectivity index (χ3v) is 3.61. The van der Waals surface area contributed by atoms with E-state index in [1.807, 2.05) is 25.1 Å². The summed E-state index contributed by atoms with van der Waals surface area (Å²) < 4.78 is 0. The molecule has 1 unspecified atom stereocenters. The molecular formula is C14H18N4O. The van der Waals surface area contributed by atoms with Crippen LogP contribution in [-0.2, 0) is 0 Å². The van der Waals surface area contributed by atoms with Gasteiger partial charge in [-0.2, -0.15) is 0 Å². The van der Waals surface area contributed by atoms with Gasteiger partial charge >= 0.3 is 0 Å². The number of nitrogens with two attached hydrogens (primary N) is 1. The van der Waals surface area contributed by atoms with Gasteiger partial charge in [0.1, 0.15) is 12.1 Å². The molecule has 1 atom stereocenters. The summed E-state index contributed by atoms with van der Waals surface area (Å²) >= 11 is 0. The average molecular weight is 258 g/mol. The molecule has 0 bridgehead atoms. The van der Waals surface area contributed by atoms with Gasteiger partial charge in [-0.25, -0.2) is 9.97 Å². The summed E-state index contributed by atoms with van der Waals surface area (Å²) in [4.78, 5) is 10.8. The van der Waals surface area contributed by atoms with E-state index in [1.165, 1.54) is 0 Å². The number of piperidine rings is 1. The molecule has 3 rings (SSSR count). The molecule has 0 spiro atoms. The minimum atomic E-state index is -0.657. The number of anilines is 2. The highest BCUT2D eigenvalue weighted by molar-refractivity contribution is 5.91. The highest BCUT2D eigenvalue weighted by Crippen LogP contribution is 2.29. The second-order valence-corrected chi connectivity index (χ2v) is 5.50. The number of rotatable bonds is 1. The normalized spacial score (nSPS) is 23.8. The lowest BCUT2D eigenvalue weighted by Crippen LogP contribution is -2.46. The van der Waals surface area contributed by atoms with E-state index in [4.69, 9.17) is 5.73 Å². The minimum absolute atomic E-state index is 0.591. The van der Waals surface area contributed by atoms with Crippen LogP contribution in [0.2, 0.25) is 0 Å². The molecule has 1 saturated heterocycles. The zero-order valence-electron chi connectivity index (χ0n) is 11.0.